The molecule has 1 aromatic heterocycles. The van der Waals surface area contributed by atoms with Crippen molar-refractivity contribution in [1.29, 1.82) is 0 Å². The molecule has 13 heteroatoms. The molecule has 2 unspecified atom stereocenters. The van der Waals surface area contributed by atoms with Crippen LogP contribution in [0.2, 0.25) is 0 Å². The standard InChI is InChI=1S/C11H15N5O6S2/c1-5-7(10(18)16(5)4-24(19,20)21)14-9(17)8(15-22-2)6-3-23-11(12)13-6/h3,5,7H,4H2,1-2H3,(H2,12,13)(H,14,17)(H,19,20,21)/b15-8-. The summed E-state index contributed by atoms with van der Waals surface area (Å²) in [5.74, 6) is -2.19. The minimum Gasteiger partial charge on any atom is -0.398 e. The molecule has 2 heterocycles. The summed E-state index contributed by atoms with van der Waals surface area (Å²) in [5.41, 5.74) is 5.53. The van der Waals surface area contributed by atoms with Crippen LogP contribution in [0.4, 0.5) is 5.13 Å². The smallest absolute Gasteiger partial charge is 0.283 e. The van der Waals surface area contributed by atoms with Gasteiger partial charge in [-0.25, -0.2) is 4.98 Å². The van der Waals surface area contributed by atoms with Gasteiger partial charge in [-0.3, -0.25) is 14.1 Å². The highest BCUT2D eigenvalue weighted by Gasteiger charge is 2.47. The topological polar surface area (TPSA) is 164 Å². The fraction of sp³-hybridized carbons (Fsp3) is 0.455. The third-order valence-electron chi connectivity index (χ3n) is 3.27. The van der Waals surface area contributed by atoms with Crippen molar-refractivity contribution in [3.8, 4) is 0 Å². The summed E-state index contributed by atoms with van der Waals surface area (Å²) in [7, 11) is -3.10. The van der Waals surface area contributed by atoms with E-state index in [0.29, 0.717) is 0 Å². The molecule has 2 rings (SSSR count). The van der Waals surface area contributed by atoms with E-state index in [1.807, 2.05) is 0 Å². The van der Waals surface area contributed by atoms with Crippen LogP contribution < -0.4 is 11.1 Å². The Kier molecular flexibility index (Phi) is 5.05. The van der Waals surface area contributed by atoms with Crippen LogP contribution in [0.25, 0.3) is 0 Å². The van der Waals surface area contributed by atoms with Gasteiger partial charge in [-0.15, -0.1) is 11.3 Å². The fourth-order valence-electron chi connectivity index (χ4n) is 2.12. The maximum Gasteiger partial charge on any atom is 0.283 e. The molecule has 1 aromatic rings. The van der Waals surface area contributed by atoms with Crippen LogP contribution in [0.1, 0.15) is 12.6 Å². The first-order valence-corrected chi connectivity index (χ1v) is 9.02. The molecule has 1 aliphatic rings. The molecular weight excluding hydrogens is 362 g/mol. The quantitative estimate of drug-likeness (QED) is 0.237. The lowest BCUT2D eigenvalue weighted by atomic mass is 9.97. The molecule has 4 N–H and O–H groups in total. The predicted molar refractivity (Wildman–Crippen MR) is 84.7 cm³/mol. The normalized spacial score (nSPS) is 21.4. The Balaban J connectivity index is 2.09. The average Bonchev–Trinajstić information content (AvgIpc) is 2.92. The molecule has 1 saturated heterocycles. The second-order valence-electron chi connectivity index (χ2n) is 4.90. The van der Waals surface area contributed by atoms with Gasteiger partial charge in [0.15, 0.2) is 10.8 Å². The minimum absolute atomic E-state index is 0.168. The van der Waals surface area contributed by atoms with Crippen LogP contribution in [0.15, 0.2) is 10.5 Å². The van der Waals surface area contributed by atoms with Crippen molar-refractivity contribution < 1.29 is 27.4 Å². The zero-order valence-electron chi connectivity index (χ0n) is 12.7. The number of aromatic nitrogens is 1. The number of β-lactam (4-membered cyclic amide) rings is 1. The summed E-state index contributed by atoms with van der Waals surface area (Å²) in [6, 6.07) is -1.56. The predicted octanol–water partition coefficient (Wildman–Crippen LogP) is -1.36. The number of nitrogen functional groups attached to an aromatic ring is 1. The van der Waals surface area contributed by atoms with Crippen LogP contribution in [-0.2, 0) is 24.5 Å². The number of thiazole rings is 1. The number of hydrogen-bond acceptors (Lipinski definition) is 9. The molecule has 0 saturated carbocycles. The van der Waals surface area contributed by atoms with Gasteiger partial charge in [0.2, 0.25) is 5.91 Å². The van der Waals surface area contributed by atoms with Crippen LogP contribution in [-0.4, -0.2) is 65.5 Å². The Bertz CT molecular complexity index is 789. The van der Waals surface area contributed by atoms with Gasteiger partial charge in [0.05, 0.1) is 6.04 Å². The monoisotopic (exact) mass is 377 g/mol. The number of carbonyl (C=O) groups is 2. The largest absolute Gasteiger partial charge is 0.398 e. The highest BCUT2D eigenvalue weighted by atomic mass is 32.2. The molecule has 0 aliphatic carbocycles. The summed E-state index contributed by atoms with van der Waals surface area (Å²) in [6.45, 7) is 1.53. The van der Waals surface area contributed by atoms with Gasteiger partial charge in [0.1, 0.15) is 24.7 Å². The first-order chi connectivity index (χ1) is 11.1. The van der Waals surface area contributed by atoms with E-state index in [-0.39, 0.29) is 16.5 Å². The zero-order valence-corrected chi connectivity index (χ0v) is 14.3. The van der Waals surface area contributed by atoms with Crippen molar-refractivity contribution in [2.45, 2.75) is 19.0 Å². The highest BCUT2D eigenvalue weighted by molar-refractivity contribution is 7.85. The van der Waals surface area contributed by atoms with E-state index in [4.69, 9.17) is 10.3 Å². The Morgan fingerprint density at radius 2 is 2.29 bits per heavy atom. The first-order valence-electron chi connectivity index (χ1n) is 6.53. The van der Waals surface area contributed by atoms with Crippen molar-refractivity contribution >= 4 is 44.1 Å². The number of rotatable bonds is 6. The van der Waals surface area contributed by atoms with Gasteiger partial charge in [-0.1, -0.05) is 5.16 Å². The first kappa shape index (κ1) is 18.1. The van der Waals surface area contributed by atoms with Gasteiger partial charge >= 0.3 is 0 Å². The maximum atomic E-state index is 12.3. The molecular formula is C11H15N5O6S2. The number of carbonyl (C=O) groups excluding carboxylic acids is 2. The lowest BCUT2D eigenvalue weighted by Crippen LogP contribution is -2.70. The molecule has 0 spiro atoms. The minimum atomic E-state index is -4.34. The van der Waals surface area contributed by atoms with Gasteiger partial charge in [0, 0.05) is 5.38 Å². The zero-order chi connectivity index (χ0) is 18.1. The van der Waals surface area contributed by atoms with Crippen molar-refractivity contribution in [3.05, 3.63) is 11.1 Å². The lowest BCUT2D eigenvalue weighted by Gasteiger charge is -2.44. The van der Waals surface area contributed by atoms with Crippen LogP contribution in [0.5, 0.6) is 0 Å². The van der Waals surface area contributed by atoms with Crippen molar-refractivity contribution in [2.75, 3.05) is 18.7 Å². The molecule has 1 aliphatic heterocycles. The Labute approximate surface area is 141 Å². The van der Waals surface area contributed by atoms with E-state index in [9.17, 15) is 18.0 Å². The van der Waals surface area contributed by atoms with Crippen molar-refractivity contribution in [3.63, 3.8) is 0 Å². The van der Waals surface area contributed by atoms with Gasteiger partial charge in [-0.2, -0.15) is 8.42 Å². The third-order valence-corrected chi connectivity index (χ3v) is 4.55. The fourth-order valence-corrected chi connectivity index (χ4v) is 3.39. The Hall–Kier alpha value is -2.25. The average molecular weight is 377 g/mol. The third kappa shape index (κ3) is 3.80. The molecule has 24 heavy (non-hydrogen) atoms. The van der Waals surface area contributed by atoms with Crippen LogP contribution in [0.3, 0.4) is 0 Å². The number of amides is 2. The van der Waals surface area contributed by atoms with E-state index in [0.717, 1.165) is 16.2 Å². The summed E-state index contributed by atoms with van der Waals surface area (Å²) in [5, 5.41) is 7.74. The number of oxime groups is 1. The van der Waals surface area contributed by atoms with Crippen molar-refractivity contribution in [2.24, 2.45) is 5.16 Å². The lowest BCUT2D eigenvalue weighted by molar-refractivity contribution is -0.150. The van der Waals surface area contributed by atoms with Gasteiger partial charge in [0.25, 0.3) is 16.0 Å². The SMILES string of the molecule is CO/N=C(\C(=O)NC1C(=O)N(CS(=O)(=O)O)C1C)c1csc(N)n1. The molecule has 1 fully saturated rings. The van der Waals surface area contributed by atoms with Crippen LogP contribution in [0, 0.1) is 0 Å². The molecule has 0 aromatic carbocycles. The van der Waals surface area contributed by atoms with E-state index in [1.54, 1.807) is 0 Å². The van der Waals surface area contributed by atoms with Crippen molar-refractivity contribution in [1.82, 2.24) is 15.2 Å². The summed E-state index contributed by atoms with van der Waals surface area (Å²) >= 11 is 1.10. The summed E-state index contributed by atoms with van der Waals surface area (Å²) in [4.78, 5) is 33.7. The van der Waals surface area contributed by atoms with E-state index in [1.165, 1.54) is 19.4 Å². The number of hydrogen-bond donors (Lipinski definition) is 3. The number of anilines is 1. The summed E-state index contributed by atoms with van der Waals surface area (Å²) in [6.07, 6.45) is 0. The molecule has 2 amide bonds. The van der Waals surface area contributed by atoms with E-state index >= 15 is 0 Å². The number of likely N-dealkylation sites (tertiary alicyclic amines) is 1. The van der Waals surface area contributed by atoms with E-state index < -0.39 is 39.9 Å². The molecule has 0 radical (unpaired) electrons. The second kappa shape index (κ2) is 6.70. The number of nitrogens with zero attached hydrogens (tertiary/aromatic N) is 3. The van der Waals surface area contributed by atoms with Gasteiger partial charge in [-0.05, 0) is 6.92 Å². The van der Waals surface area contributed by atoms with Crippen LogP contribution >= 0.6 is 11.3 Å². The highest BCUT2D eigenvalue weighted by Crippen LogP contribution is 2.21. The van der Waals surface area contributed by atoms with E-state index in [2.05, 4.69) is 20.3 Å². The Morgan fingerprint density at radius 3 is 2.75 bits per heavy atom. The maximum absolute atomic E-state index is 12.3. The molecule has 11 nitrogen and oxygen atoms in total. The van der Waals surface area contributed by atoms with Gasteiger partial charge < -0.3 is 20.8 Å². The number of nitrogens with one attached hydrogen (secondary N) is 1. The molecule has 2 atom stereocenters. The number of nitrogens with two attached hydrogens (primary N) is 1. The Morgan fingerprint density at radius 1 is 1.62 bits per heavy atom. The molecule has 132 valence electrons. The molecule has 0 bridgehead atoms. The summed E-state index contributed by atoms with van der Waals surface area (Å²) < 4.78 is 30.5. The second-order valence-corrected chi connectivity index (χ2v) is 7.22.